The molecule has 0 bridgehead atoms. The lowest BCUT2D eigenvalue weighted by atomic mass is 10.1. The summed E-state index contributed by atoms with van der Waals surface area (Å²) in [7, 11) is -4.15. The van der Waals surface area contributed by atoms with Gasteiger partial charge in [0.1, 0.15) is 12.4 Å². The van der Waals surface area contributed by atoms with Gasteiger partial charge >= 0.3 is 0 Å². The molecular formula is C30H31FN4O3S. The first-order chi connectivity index (χ1) is 18.5. The summed E-state index contributed by atoms with van der Waals surface area (Å²) in [4.78, 5) is 12.7. The highest BCUT2D eigenvalue weighted by atomic mass is 32.2. The summed E-state index contributed by atoms with van der Waals surface area (Å²) >= 11 is 0. The molecule has 4 rings (SSSR count). The van der Waals surface area contributed by atoms with Crippen molar-refractivity contribution in [3.63, 3.8) is 0 Å². The van der Waals surface area contributed by atoms with Crippen LogP contribution < -0.4 is 9.73 Å². The summed E-state index contributed by atoms with van der Waals surface area (Å²) in [5.41, 5.74) is 9.88. The Balaban J connectivity index is 1.56. The number of nitrogens with zero attached hydrogens (tertiary/aromatic N) is 3. The summed E-state index contributed by atoms with van der Waals surface area (Å²) in [5.74, 6) is -1.18. The molecule has 1 heterocycles. The van der Waals surface area contributed by atoms with Gasteiger partial charge in [0, 0.05) is 22.6 Å². The van der Waals surface area contributed by atoms with Crippen molar-refractivity contribution in [2.45, 2.75) is 39.5 Å². The molecule has 39 heavy (non-hydrogen) atoms. The van der Waals surface area contributed by atoms with Gasteiger partial charge in [0.15, 0.2) is 0 Å². The number of halogens is 1. The highest BCUT2D eigenvalue weighted by Gasteiger charge is 2.27. The second kappa shape index (κ2) is 11.2. The molecule has 0 unspecified atom stereocenters. The number of hydrogen-bond acceptors (Lipinski definition) is 4. The molecule has 0 radical (unpaired) electrons. The average Bonchev–Trinajstić information content (AvgIpc) is 3.16. The summed E-state index contributed by atoms with van der Waals surface area (Å²) < 4.78 is 43.4. The molecule has 0 aliphatic heterocycles. The molecule has 0 aliphatic carbocycles. The number of sulfonamides is 1. The zero-order valence-electron chi connectivity index (χ0n) is 22.6. The number of benzene rings is 3. The standard InChI is InChI=1S/C30H31FN4O3S/c1-20-6-11-27(12-7-20)34(39(37,38)28-13-9-26(31)10-14-28)19-30(36)33-32-18-25-17-23(4)35(24(25)5)29-15-8-21(2)16-22(29)3/h6-18H,19H2,1-5H3,(H,33,36)/b32-18-. The minimum Gasteiger partial charge on any atom is -0.318 e. The molecule has 7 nitrogen and oxygen atoms in total. The molecule has 0 saturated heterocycles. The lowest BCUT2D eigenvalue weighted by Crippen LogP contribution is -2.39. The van der Waals surface area contributed by atoms with Crippen molar-refractivity contribution >= 4 is 27.8 Å². The van der Waals surface area contributed by atoms with Gasteiger partial charge in [0.2, 0.25) is 0 Å². The van der Waals surface area contributed by atoms with E-state index < -0.39 is 28.3 Å². The minimum atomic E-state index is -4.15. The van der Waals surface area contributed by atoms with Crippen molar-refractivity contribution in [3.8, 4) is 5.69 Å². The maximum absolute atomic E-state index is 13.4. The second-order valence-corrected chi connectivity index (χ2v) is 11.4. The van der Waals surface area contributed by atoms with Crippen LogP contribution in [0.15, 0.2) is 82.8 Å². The normalized spacial score (nSPS) is 11.6. The monoisotopic (exact) mass is 546 g/mol. The van der Waals surface area contributed by atoms with E-state index in [-0.39, 0.29) is 4.90 Å². The third kappa shape index (κ3) is 6.09. The molecule has 0 fully saturated rings. The molecule has 0 saturated carbocycles. The highest BCUT2D eigenvalue weighted by molar-refractivity contribution is 7.92. The molecule has 3 aromatic carbocycles. The summed E-state index contributed by atoms with van der Waals surface area (Å²) in [5, 5.41) is 4.11. The van der Waals surface area contributed by atoms with Gasteiger partial charge in [-0.25, -0.2) is 18.2 Å². The second-order valence-electron chi connectivity index (χ2n) is 9.55. The SMILES string of the molecule is Cc1ccc(N(CC(=O)N/N=C\c2cc(C)n(-c3ccc(C)cc3C)c2C)S(=O)(=O)c2ccc(F)cc2)cc1. The van der Waals surface area contributed by atoms with E-state index in [1.165, 1.54) is 17.7 Å². The molecule has 1 amide bonds. The third-order valence-electron chi connectivity index (χ3n) is 6.47. The van der Waals surface area contributed by atoms with Crippen LogP contribution in [-0.2, 0) is 14.8 Å². The van der Waals surface area contributed by atoms with E-state index in [0.29, 0.717) is 5.69 Å². The van der Waals surface area contributed by atoms with Crippen molar-refractivity contribution in [1.82, 2.24) is 9.99 Å². The fourth-order valence-corrected chi connectivity index (χ4v) is 5.87. The summed E-state index contributed by atoms with van der Waals surface area (Å²) in [6.45, 7) is 9.46. The molecule has 0 aliphatic rings. The summed E-state index contributed by atoms with van der Waals surface area (Å²) in [6, 6.07) is 19.5. The number of aromatic nitrogens is 1. The average molecular weight is 547 g/mol. The summed E-state index contributed by atoms with van der Waals surface area (Å²) in [6.07, 6.45) is 1.55. The zero-order chi connectivity index (χ0) is 28.3. The highest BCUT2D eigenvalue weighted by Crippen LogP contribution is 2.25. The first kappa shape index (κ1) is 27.8. The number of hydrazone groups is 1. The molecule has 0 atom stereocenters. The van der Waals surface area contributed by atoms with Crippen molar-refractivity contribution in [1.29, 1.82) is 0 Å². The molecule has 1 N–H and O–H groups in total. The van der Waals surface area contributed by atoms with E-state index in [9.17, 15) is 17.6 Å². The van der Waals surface area contributed by atoms with Crippen LogP contribution in [0.1, 0.15) is 33.6 Å². The number of hydrogen-bond donors (Lipinski definition) is 1. The van der Waals surface area contributed by atoms with Crippen LogP contribution in [0.2, 0.25) is 0 Å². The van der Waals surface area contributed by atoms with Crippen LogP contribution >= 0.6 is 0 Å². The van der Waals surface area contributed by atoms with Crippen LogP contribution in [0.5, 0.6) is 0 Å². The zero-order valence-corrected chi connectivity index (χ0v) is 23.4. The van der Waals surface area contributed by atoms with Crippen molar-refractivity contribution < 1.29 is 17.6 Å². The fraction of sp³-hybridized carbons (Fsp3) is 0.200. The number of rotatable bonds is 8. The number of carbonyl (C=O) groups is 1. The van der Waals surface area contributed by atoms with Gasteiger partial charge < -0.3 is 4.57 Å². The Bertz CT molecular complexity index is 1640. The molecule has 9 heteroatoms. The third-order valence-corrected chi connectivity index (χ3v) is 8.26. The Morgan fingerprint density at radius 1 is 0.923 bits per heavy atom. The van der Waals surface area contributed by atoms with Gasteiger partial charge in [-0.3, -0.25) is 9.10 Å². The van der Waals surface area contributed by atoms with E-state index in [1.807, 2.05) is 26.8 Å². The Labute approximate surface area is 228 Å². The number of nitrogens with one attached hydrogen (secondary N) is 1. The van der Waals surface area contributed by atoms with E-state index >= 15 is 0 Å². The van der Waals surface area contributed by atoms with Crippen LogP contribution in [-0.4, -0.2) is 31.7 Å². The maximum Gasteiger partial charge on any atom is 0.264 e. The fourth-order valence-electron chi connectivity index (χ4n) is 4.44. The lowest BCUT2D eigenvalue weighted by molar-refractivity contribution is -0.119. The van der Waals surface area contributed by atoms with E-state index in [2.05, 4.69) is 47.1 Å². The first-order valence-corrected chi connectivity index (χ1v) is 13.8. The van der Waals surface area contributed by atoms with Crippen LogP contribution in [0.4, 0.5) is 10.1 Å². The molecular weight excluding hydrogens is 515 g/mol. The number of amides is 1. The van der Waals surface area contributed by atoms with Crippen LogP contribution in [0.3, 0.4) is 0 Å². The van der Waals surface area contributed by atoms with E-state index in [4.69, 9.17) is 0 Å². The number of aryl methyl sites for hydroxylation is 4. The number of anilines is 1. The van der Waals surface area contributed by atoms with Gasteiger partial charge in [-0.1, -0.05) is 35.4 Å². The van der Waals surface area contributed by atoms with E-state index in [0.717, 1.165) is 50.2 Å². The predicted octanol–water partition coefficient (Wildman–Crippen LogP) is 5.50. The molecule has 4 aromatic rings. The van der Waals surface area contributed by atoms with Gasteiger partial charge in [-0.05, 0) is 88.7 Å². The van der Waals surface area contributed by atoms with Gasteiger partial charge in [0.25, 0.3) is 15.9 Å². The topological polar surface area (TPSA) is 83.8 Å². The number of carbonyl (C=O) groups excluding carboxylic acids is 1. The minimum absolute atomic E-state index is 0.125. The quantitative estimate of drug-likeness (QED) is 0.234. The Hall–Kier alpha value is -4.24. The first-order valence-electron chi connectivity index (χ1n) is 12.4. The molecule has 202 valence electrons. The van der Waals surface area contributed by atoms with Crippen molar-refractivity contribution in [3.05, 3.63) is 112 Å². The van der Waals surface area contributed by atoms with Crippen molar-refractivity contribution in [2.24, 2.45) is 5.10 Å². The predicted molar refractivity (Wildman–Crippen MR) is 153 cm³/mol. The van der Waals surface area contributed by atoms with Crippen LogP contribution in [0, 0.1) is 40.4 Å². The van der Waals surface area contributed by atoms with Crippen LogP contribution in [0.25, 0.3) is 5.69 Å². The molecule has 0 spiro atoms. The van der Waals surface area contributed by atoms with Gasteiger partial charge in [-0.15, -0.1) is 0 Å². The van der Waals surface area contributed by atoms with Gasteiger partial charge in [0.05, 0.1) is 16.8 Å². The van der Waals surface area contributed by atoms with E-state index in [1.54, 1.807) is 30.5 Å². The Morgan fingerprint density at radius 2 is 1.56 bits per heavy atom. The largest absolute Gasteiger partial charge is 0.318 e. The maximum atomic E-state index is 13.4. The Morgan fingerprint density at radius 3 is 2.21 bits per heavy atom. The smallest absolute Gasteiger partial charge is 0.264 e. The van der Waals surface area contributed by atoms with Crippen molar-refractivity contribution in [2.75, 3.05) is 10.8 Å². The lowest BCUT2D eigenvalue weighted by Gasteiger charge is -2.23. The molecule has 1 aromatic heterocycles. The van der Waals surface area contributed by atoms with Gasteiger partial charge in [-0.2, -0.15) is 5.10 Å². The Kier molecular flexibility index (Phi) is 8.01.